The van der Waals surface area contributed by atoms with E-state index in [4.69, 9.17) is 14.2 Å². The van der Waals surface area contributed by atoms with Gasteiger partial charge in [-0.15, -0.1) is 0 Å². The Morgan fingerprint density at radius 1 is 0.750 bits per heavy atom. The Bertz CT molecular complexity index is 645. The van der Waals surface area contributed by atoms with E-state index in [1.54, 1.807) is 0 Å². The molecule has 0 unspecified atom stereocenters. The van der Waals surface area contributed by atoms with Crippen LogP contribution in [-0.4, -0.2) is 36.1 Å². The third-order valence-electron chi connectivity index (χ3n) is 4.83. The van der Waals surface area contributed by atoms with Gasteiger partial charge in [-0.25, -0.2) is 0 Å². The topological polar surface area (TPSA) is 51.2 Å². The van der Waals surface area contributed by atoms with Crippen molar-refractivity contribution in [2.45, 2.75) is 37.6 Å². The van der Waals surface area contributed by atoms with E-state index in [9.17, 15) is 5.11 Å². The second-order valence-corrected chi connectivity index (χ2v) is 6.43. The average molecular weight is 326 g/mol. The highest BCUT2D eigenvalue weighted by molar-refractivity contribution is 5.16. The fourth-order valence-corrected chi connectivity index (χ4v) is 3.51. The molecule has 5 atom stereocenters. The summed E-state index contributed by atoms with van der Waals surface area (Å²) in [6, 6.07) is 20.2. The summed E-state index contributed by atoms with van der Waals surface area (Å²) in [5.74, 6) is -0.0144. The van der Waals surface area contributed by atoms with Crippen molar-refractivity contribution in [3.63, 3.8) is 0 Å². The molecule has 0 spiro atoms. The molecule has 0 bridgehead atoms. The predicted molar refractivity (Wildman–Crippen MR) is 89.3 cm³/mol. The van der Waals surface area contributed by atoms with E-state index in [2.05, 4.69) is 0 Å². The summed E-state index contributed by atoms with van der Waals surface area (Å²) in [6.45, 7) is 1.11. The van der Waals surface area contributed by atoms with Crippen molar-refractivity contribution < 1.29 is 19.3 Å². The molecule has 1 heterocycles. The van der Waals surface area contributed by atoms with E-state index in [1.807, 2.05) is 60.7 Å². The highest BCUT2D eigenvalue weighted by Crippen LogP contribution is 2.46. The van der Waals surface area contributed by atoms with E-state index in [1.165, 1.54) is 0 Å². The number of fused-ring (bicyclic) bond motifs is 1. The second kappa shape index (κ2) is 7.03. The van der Waals surface area contributed by atoms with Crippen molar-refractivity contribution in [2.75, 3.05) is 6.61 Å². The van der Waals surface area contributed by atoms with Crippen LogP contribution in [0.2, 0.25) is 0 Å². The van der Waals surface area contributed by atoms with Gasteiger partial charge < -0.3 is 19.3 Å². The molecule has 1 N–H and O–H groups in total. The molecule has 1 saturated carbocycles. The van der Waals surface area contributed by atoms with E-state index >= 15 is 0 Å². The number of epoxide rings is 1. The van der Waals surface area contributed by atoms with Crippen molar-refractivity contribution in [1.29, 1.82) is 0 Å². The number of aliphatic hydroxyl groups is 1. The lowest BCUT2D eigenvalue weighted by atomic mass is 10.1. The van der Waals surface area contributed by atoms with Gasteiger partial charge in [-0.2, -0.15) is 0 Å². The summed E-state index contributed by atoms with van der Waals surface area (Å²) in [4.78, 5) is 0. The molecule has 2 aromatic rings. The zero-order chi connectivity index (χ0) is 16.4. The Kier molecular flexibility index (Phi) is 4.63. The van der Waals surface area contributed by atoms with Gasteiger partial charge in [0.05, 0.1) is 32.0 Å². The minimum Gasteiger partial charge on any atom is -0.396 e. The molecule has 4 heteroatoms. The normalized spacial score (nSPS) is 31.0. The number of hydrogen-bond donors (Lipinski definition) is 1. The molecule has 0 amide bonds. The lowest BCUT2D eigenvalue weighted by molar-refractivity contribution is -0.121. The van der Waals surface area contributed by atoms with Gasteiger partial charge >= 0.3 is 0 Å². The molecule has 2 aromatic carbocycles. The van der Waals surface area contributed by atoms with E-state index in [0.29, 0.717) is 13.2 Å². The van der Waals surface area contributed by atoms with Gasteiger partial charge in [0.25, 0.3) is 0 Å². The van der Waals surface area contributed by atoms with Crippen LogP contribution in [-0.2, 0) is 27.4 Å². The van der Waals surface area contributed by atoms with Crippen molar-refractivity contribution in [3.8, 4) is 0 Å². The number of aliphatic hydroxyl groups excluding tert-OH is 1. The maximum atomic E-state index is 9.72. The smallest absolute Gasteiger partial charge is 0.113 e. The number of rotatable bonds is 7. The van der Waals surface area contributed by atoms with Crippen molar-refractivity contribution in [2.24, 2.45) is 5.92 Å². The Hall–Kier alpha value is -1.72. The predicted octanol–water partition coefficient (Wildman–Crippen LogP) is 2.55. The molecule has 2 fully saturated rings. The first-order valence-electron chi connectivity index (χ1n) is 8.44. The minimum atomic E-state index is -0.136. The van der Waals surface area contributed by atoms with Crippen molar-refractivity contribution in [3.05, 3.63) is 71.8 Å². The van der Waals surface area contributed by atoms with Crippen molar-refractivity contribution >= 4 is 0 Å². The highest BCUT2D eigenvalue weighted by atomic mass is 16.6. The SMILES string of the molecule is OC[C@H]1[C@@H](OCc2ccccc2)[C@@H](OCc2ccccc2)[C@@H]2O[C@H]12. The number of ether oxygens (including phenoxy) is 3. The number of hydrogen-bond acceptors (Lipinski definition) is 4. The van der Waals surface area contributed by atoms with E-state index < -0.39 is 0 Å². The molecule has 4 rings (SSSR count). The van der Waals surface area contributed by atoms with Crippen LogP contribution in [0.15, 0.2) is 60.7 Å². The largest absolute Gasteiger partial charge is 0.396 e. The Balaban J connectivity index is 1.41. The summed E-state index contributed by atoms with van der Waals surface area (Å²) in [7, 11) is 0. The lowest BCUT2D eigenvalue weighted by Gasteiger charge is -2.27. The summed E-state index contributed by atoms with van der Waals surface area (Å²) in [5.41, 5.74) is 2.25. The summed E-state index contributed by atoms with van der Waals surface area (Å²) in [6.07, 6.45) is -0.151. The minimum absolute atomic E-state index is 0.0144. The van der Waals surface area contributed by atoms with Gasteiger partial charge in [-0.05, 0) is 11.1 Å². The standard InChI is InChI=1S/C20H22O4/c21-11-16-17(22-12-14-7-3-1-4-8-14)19(20-18(16)24-20)23-13-15-9-5-2-6-10-15/h1-10,16-21H,11-13H2/t16-,17+,18+,19+,20+/m0/s1. The van der Waals surface area contributed by atoms with Crippen LogP contribution in [0.5, 0.6) is 0 Å². The van der Waals surface area contributed by atoms with Gasteiger partial charge in [-0.3, -0.25) is 0 Å². The van der Waals surface area contributed by atoms with E-state index in [-0.39, 0.29) is 36.9 Å². The third kappa shape index (κ3) is 3.23. The molecular weight excluding hydrogens is 304 g/mol. The Morgan fingerprint density at radius 2 is 1.29 bits per heavy atom. The summed E-state index contributed by atoms with van der Waals surface area (Å²) >= 11 is 0. The fraction of sp³-hybridized carbons (Fsp3) is 0.400. The second-order valence-electron chi connectivity index (χ2n) is 6.43. The van der Waals surface area contributed by atoms with Gasteiger partial charge in [0.2, 0.25) is 0 Å². The zero-order valence-electron chi connectivity index (χ0n) is 13.5. The average Bonchev–Trinajstić information content (AvgIpc) is 3.36. The highest BCUT2D eigenvalue weighted by Gasteiger charge is 2.63. The molecule has 2 aliphatic rings. The van der Waals surface area contributed by atoms with Gasteiger partial charge in [0.15, 0.2) is 0 Å². The Labute approximate surface area is 142 Å². The van der Waals surface area contributed by atoms with Crippen LogP contribution >= 0.6 is 0 Å². The maximum Gasteiger partial charge on any atom is 0.113 e. The maximum absolute atomic E-state index is 9.72. The summed E-state index contributed by atoms with van der Waals surface area (Å²) in [5, 5.41) is 9.72. The molecule has 126 valence electrons. The van der Waals surface area contributed by atoms with Crippen LogP contribution in [0.4, 0.5) is 0 Å². The first-order valence-corrected chi connectivity index (χ1v) is 8.44. The molecular formula is C20H22O4. The molecule has 0 radical (unpaired) electrons. The van der Waals surface area contributed by atoms with E-state index in [0.717, 1.165) is 11.1 Å². The molecule has 0 aromatic heterocycles. The van der Waals surface area contributed by atoms with Gasteiger partial charge in [0, 0.05) is 5.92 Å². The van der Waals surface area contributed by atoms with Crippen LogP contribution in [0.1, 0.15) is 11.1 Å². The van der Waals surface area contributed by atoms with Crippen molar-refractivity contribution in [1.82, 2.24) is 0 Å². The molecule has 4 nitrogen and oxygen atoms in total. The van der Waals surface area contributed by atoms with Gasteiger partial charge in [0.1, 0.15) is 12.2 Å². The summed E-state index contributed by atoms with van der Waals surface area (Å²) < 4.78 is 17.9. The first-order chi connectivity index (χ1) is 11.9. The first kappa shape index (κ1) is 15.8. The Morgan fingerprint density at radius 3 is 1.83 bits per heavy atom. The molecule has 24 heavy (non-hydrogen) atoms. The third-order valence-corrected chi connectivity index (χ3v) is 4.83. The van der Waals surface area contributed by atoms with Crippen LogP contribution in [0.3, 0.4) is 0 Å². The lowest BCUT2D eigenvalue weighted by Crippen LogP contribution is -2.38. The quantitative estimate of drug-likeness (QED) is 0.795. The monoisotopic (exact) mass is 326 g/mol. The fourth-order valence-electron chi connectivity index (χ4n) is 3.51. The number of benzene rings is 2. The van der Waals surface area contributed by atoms with Crippen LogP contribution in [0, 0.1) is 5.92 Å². The van der Waals surface area contributed by atoms with Crippen LogP contribution in [0.25, 0.3) is 0 Å². The zero-order valence-corrected chi connectivity index (χ0v) is 13.5. The molecule has 1 aliphatic heterocycles. The molecule has 1 saturated heterocycles. The van der Waals surface area contributed by atoms with Crippen LogP contribution < -0.4 is 0 Å². The molecule has 1 aliphatic carbocycles. The van der Waals surface area contributed by atoms with Gasteiger partial charge in [-0.1, -0.05) is 60.7 Å².